The van der Waals surface area contributed by atoms with E-state index in [-0.39, 0.29) is 17.9 Å². The van der Waals surface area contributed by atoms with Crippen molar-refractivity contribution < 1.29 is 9.59 Å². The lowest BCUT2D eigenvalue weighted by Crippen LogP contribution is -2.43. The zero-order valence-corrected chi connectivity index (χ0v) is 22.1. The number of imidazole rings is 1. The maximum Gasteiger partial charge on any atom is 0.255 e. The van der Waals surface area contributed by atoms with Crippen molar-refractivity contribution in [1.82, 2.24) is 25.3 Å². The number of hydrogen-bond donors (Lipinski definition) is 3. The van der Waals surface area contributed by atoms with E-state index < -0.39 is 0 Å². The summed E-state index contributed by atoms with van der Waals surface area (Å²) in [7, 11) is 3.84. The number of nitrogens with one attached hydrogen (secondary N) is 3. The van der Waals surface area contributed by atoms with Crippen molar-refractivity contribution >= 4 is 28.5 Å². The van der Waals surface area contributed by atoms with E-state index in [4.69, 9.17) is 4.98 Å². The third-order valence-corrected chi connectivity index (χ3v) is 7.96. The highest BCUT2D eigenvalue weighted by Crippen LogP contribution is 2.31. The summed E-state index contributed by atoms with van der Waals surface area (Å²) in [6, 6.07) is 14.6. The molecule has 3 N–H and O–H groups in total. The van der Waals surface area contributed by atoms with Gasteiger partial charge in [-0.2, -0.15) is 0 Å². The number of likely N-dealkylation sites (N-methyl/N-ethyl adjacent to an activating group) is 1. The molecule has 2 heterocycles. The molecule has 1 saturated carbocycles. The van der Waals surface area contributed by atoms with Crippen LogP contribution in [0.25, 0.3) is 11.0 Å². The minimum atomic E-state index is -0.0906. The summed E-state index contributed by atoms with van der Waals surface area (Å²) in [5.74, 6) is 1.25. The Hall–Kier alpha value is -3.23. The molecule has 0 spiro atoms. The topological polar surface area (TPSA) is 91.3 Å². The van der Waals surface area contributed by atoms with Gasteiger partial charge in [-0.3, -0.25) is 20.4 Å². The Balaban J connectivity index is 1.46. The molecule has 3 unspecified atom stereocenters. The van der Waals surface area contributed by atoms with Crippen LogP contribution < -0.4 is 16.2 Å². The first-order valence-electron chi connectivity index (χ1n) is 13.5. The molecule has 8 heteroatoms. The fourth-order valence-electron chi connectivity index (χ4n) is 5.90. The molecule has 3 atom stereocenters. The number of amides is 2. The monoisotopic (exact) mass is 502 g/mol. The molecule has 196 valence electrons. The Kier molecular flexibility index (Phi) is 7.58. The SMILES string of the molecule is CCC(=O)Nc1cc(C(=O)N(C)CC2NNC3CCCCCC32)c2c(c1)nc(Cc1ccccc1)n2C. The number of carbonyl (C=O) groups is 2. The van der Waals surface area contributed by atoms with Crippen molar-refractivity contribution in [2.45, 2.75) is 64.0 Å². The van der Waals surface area contributed by atoms with Crippen LogP contribution in [0.15, 0.2) is 42.5 Å². The van der Waals surface area contributed by atoms with Crippen LogP contribution in [0.1, 0.15) is 67.2 Å². The number of hydrazine groups is 1. The van der Waals surface area contributed by atoms with Gasteiger partial charge in [0, 0.05) is 51.3 Å². The number of rotatable bonds is 7. The Morgan fingerprint density at radius 3 is 2.68 bits per heavy atom. The highest BCUT2D eigenvalue weighted by Gasteiger charge is 2.37. The van der Waals surface area contributed by atoms with Gasteiger partial charge in [-0.1, -0.05) is 56.5 Å². The van der Waals surface area contributed by atoms with Crippen molar-refractivity contribution in [3.8, 4) is 0 Å². The number of benzene rings is 2. The van der Waals surface area contributed by atoms with Gasteiger partial charge in [0.1, 0.15) is 5.82 Å². The number of carbonyl (C=O) groups excluding carboxylic acids is 2. The van der Waals surface area contributed by atoms with Crippen LogP contribution in [0.3, 0.4) is 0 Å². The molecule has 1 aliphatic heterocycles. The molecule has 2 amide bonds. The van der Waals surface area contributed by atoms with Gasteiger partial charge in [-0.15, -0.1) is 0 Å². The molecule has 2 aromatic carbocycles. The number of anilines is 1. The minimum Gasteiger partial charge on any atom is -0.340 e. The summed E-state index contributed by atoms with van der Waals surface area (Å²) in [5.41, 5.74) is 10.8. The van der Waals surface area contributed by atoms with Crippen molar-refractivity contribution in [2.75, 3.05) is 18.9 Å². The van der Waals surface area contributed by atoms with E-state index >= 15 is 0 Å². The van der Waals surface area contributed by atoms with Gasteiger partial charge in [0.05, 0.1) is 16.6 Å². The van der Waals surface area contributed by atoms with Gasteiger partial charge in [0.2, 0.25) is 5.91 Å². The largest absolute Gasteiger partial charge is 0.340 e. The lowest BCUT2D eigenvalue weighted by Gasteiger charge is -2.26. The molecular weight excluding hydrogens is 464 g/mol. The molecule has 3 aromatic rings. The third kappa shape index (κ3) is 5.40. The van der Waals surface area contributed by atoms with E-state index in [9.17, 15) is 9.59 Å². The molecule has 2 aliphatic rings. The molecular formula is C29H38N6O2. The second kappa shape index (κ2) is 11.0. The molecule has 5 rings (SSSR count). The summed E-state index contributed by atoms with van der Waals surface area (Å²) in [6.45, 7) is 2.44. The van der Waals surface area contributed by atoms with Crippen LogP contribution in [0.2, 0.25) is 0 Å². The lowest BCUT2D eigenvalue weighted by atomic mass is 9.90. The van der Waals surface area contributed by atoms with Gasteiger partial charge in [0.25, 0.3) is 5.91 Å². The predicted molar refractivity (Wildman–Crippen MR) is 146 cm³/mol. The summed E-state index contributed by atoms with van der Waals surface area (Å²) in [5, 5.41) is 2.93. The molecule has 37 heavy (non-hydrogen) atoms. The van der Waals surface area contributed by atoms with Crippen LogP contribution in [0.5, 0.6) is 0 Å². The Morgan fingerprint density at radius 1 is 1.11 bits per heavy atom. The number of hydrogen-bond acceptors (Lipinski definition) is 5. The van der Waals surface area contributed by atoms with Crippen molar-refractivity contribution in [2.24, 2.45) is 13.0 Å². The smallest absolute Gasteiger partial charge is 0.255 e. The van der Waals surface area contributed by atoms with Crippen LogP contribution >= 0.6 is 0 Å². The van der Waals surface area contributed by atoms with Gasteiger partial charge in [-0.25, -0.2) is 4.98 Å². The Labute approximate surface area is 218 Å². The molecule has 0 radical (unpaired) electrons. The molecule has 0 bridgehead atoms. The fourth-order valence-corrected chi connectivity index (χ4v) is 5.90. The first-order valence-corrected chi connectivity index (χ1v) is 13.5. The summed E-state index contributed by atoms with van der Waals surface area (Å²) in [4.78, 5) is 32.8. The maximum atomic E-state index is 13.9. The van der Waals surface area contributed by atoms with Gasteiger partial charge in [-0.05, 0) is 36.5 Å². The van der Waals surface area contributed by atoms with E-state index in [1.54, 1.807) is 6.07 Å². The number of nitrogens with zero attached hydrogens (tertiary/aromatic N) is 3. The standard InChI is InChI=1S/C29H38N6O2/c1-4-27(36)30-20-16-22(28-24(17-20)31-26(35(28)3)15-19-11-7-5-8-12-19)29(37)34(2)18-25-21-13-9-6-10-14-23(21)32-33-25/h5,7-8,11-12,16-17,21,23,25,32-33H,4,6,9-10,13-15,18H2,1-3H3,(H,30,36). The number of fused-ring (bicyclic) bond motifs is 2. The van der Waals surface area contributed by atoms with Crippen molar-refractivity contribution in [3.05, 3.63) is 59.4 Å². The average molecular weight is 503 g/mol. The van der Waals surface area contributed by atoms with E-state index in [1.807, 2.05) is 54.8 Å². The van der Waals surface area contributed by atoms with E-state index in [0.29, 0.717) is 48.1 Å². The van der Waals surface area contributed by atoms with Crippen molar-refractivity contribution in [1.29, 1.82) is 0 Å². The highest BCUT2D eigenvalue weighted by atomic mass is 16.2. The zero-order chi connectivity index (χ0) is 25.9. The Bertz CT molecular complexity index is 1270. The fraction of sp³-hybridized carbons (Fsp3) is 0.483. The zero-order valence-electron chi connectivity index (χ0n) is 22.1. The molecule has 1 saturated heterocycles. The molecule has 1 aromatic heterocycles. The Morgan fingerprint density at radius 2 is 1.89 bits per heavy atom. The van der Waals surface area contributed by atoms with Gasteiger partial charge < -0.3 is 14.8 Å². The summed E-state index contributed by atoms with van der Waals surface area (Å²) < 4.78 is 2.02. The second-order valence-electron chi connectivity index (χ2n) is 10.5. The van der Waals surface area contributed by atoms with Gasteiger partial charge in [0.15, 0.2) is 0 Å². The van der Waals surface area contributed by atoms with Crippen LogP contribution in [0, 0.1) is 5.92 Å². The van der Waals surface area contributed by atoms with Crippen LogP contribution in [0.4, 0.5) is 5.69 Å². The lowest BCUT2D eigenvalue weighted by molar-refractivity contribution is -0.115. The second-order valence-corrected chi connectivity index (χ2v) is 10.5. The van der Waals surface area contributed by atoms with E-state index in [2.05, 4.69) is 28.3 Å². The van der Waals surface area contributed by atoms with Crippen LogP contribution in [-0.2, 0) is 18.3 Å². The normalized spacial score (nSPS) is 21.4. The summed E-state index contributed by atoms with van der Waals surface area (Å²) >= 11 is 0. The number of aromatic nitrogens is 2. The number of aryl methyl sites for hydroxylation is 1. The predicted octanol–water partition coefficient (Wildman–Crippen LogP) is 4.01. The molecule has 8 nitrogen and oxygen atoms in total. The van der Waals surface area contributed by atoms with Crippen molar-refractivity contribution in [3.63, 3.8) is 0 Å². The molecule has 2 fully saturated rings. The quantitative estimate of drug-likeness (QED) is 0.454. The first kappa shape index (κ1) is 25.4. The van der Waals surface area contributed by atoms with E-state index in [1.165, 1.54) is 32.1 Å². The average Bonchev–Trinajstić information content (AvgIpc) is 3.32. The van der Waals surface area contributed by atoms with E-state index in [0.717, 1.165) is 16.9 Å². The van der Waals surface area contributed by atoms with Gasteiger partial charge >= 0.3 is 0 Å². The van der Waals surface area contributed by atoms with Crippen LogP contribution in [-0.4, -0.2) is 51.9 Å². The summed E-state index contributed by atoms with van der Waals surface area (Å²) in [6.07, 6.45) is 7.19. The highest BCUT2D eigenvalue weighted by molar-refractivity contribution is 6.07. The maximum absolute atomic E-state index is 13.9. The molecule has 1 aliphatic carbocycles. The third-order valence-electron chi connectivity index (χ3n) is 7.96. The first-order chi connectivity index (χ1) is 17.9. The minimum absolute atomic E-state index is 0.0641.